The first-order valence-electron chi connectivity index (χ1n) is 2.86. The van der Waals surface area contributed by atoms with Gasteiger partial charge in [0.15, 0.2) is 0 Å². The minimum atomic E-state index is 0. The van der Waals surface area contributed by atoms with Gasteiger partial charge >= 0.3 is 0 Å². The molecule has 5 radical (unpaired) electrons. The minimum Gasteiger partial charge on any atom is -0.0885 e. The third-order valence-electron chi connectivity index (χ3n) is 0.789. The molecule has 0 bridgehead atoms. The molecule has 0 heterocycles. The van der Waals surface area contributed by atoms with E-state index in [1.165, 1.54) is 12.8 Å². The fourth-order valence-corrected chi connectivity index (χ4v) is 0.402. The van der Waals surface area contributed by atoms with Gasteiger partial charge in [-0.05, 0) is 19.8 Å². The van der Waals surface area contributed by atoms with Crippen molar-refractivity contribution in [2.45, 2.75) is 48.5 Å². The van der Waals surface area contributed by atoms with Crippen molar-refractivity contribution in [3.63, 3.8) is 0 Å². The van der Waals surface area contributed by atoms with E-state index < -0.39 is 0 Å². The quantitative estimate of drug-likeness (QED) is 0.532. The van der Waals surface area contributed by atoms with Gasteiger partial charge in [0.25, 0.3) is 0 Å². The number of hydrogen-bond donors (Lipinski definition) is 0. The van der Waals surface area contributed by atoms with E-state index >= 15 is 0 Å². The molecule has 1 heteroatoms. The number of allylic oxidation sites excluding steroid dienone is 2. The van der Waals surface area contributed by atoms with E-state index in [4.69, 9.17) is 0 Å². The van der Waals surface area contributed by atoms with Crippen molar-refractivity contribution in [2.75, 3.05) is 0 Å². The molecule has 0 nitrogen and oxygen atoms in total. The Morgan fingerprint density at radius 3 is 1.82 bits per heavy atom. The fraction of sp³-hybridized carbons (Fsp3) is 0.700. The Morgan fingerprint density at radius 1 is 1.09 bits per heavy atom. The van der Waals surface area contributed by atoms with Gasteiger partial charge < -0.3 is 0 Å². The summed E-state index contributed by atoms with van der Waals surface area (Å²) in [6, 6.07) is 0. The van der Waals surface area contributed by atoms with E-state index in [-0.39, 0.29) is 46.2 Å². The standard InChI is InChI=1S/C7H13.3CH4.Sn/c1-3-5-7-6-4-2;;;;/h5,7H,1,3-4,6H2,2H3;3*1H4;/b7-5+;;;;. The largest absolute Gasteiger partial charge is 0.0885 e. The van der Waals surface area contributed by atoms with Gasteiger partial charge in [0, 0.05) is 23.9 Å². The minimum absolute atomic E-state index is 0. The summed E-state index contributed by atoms with van der Waals surface area (Å²) in [6.45, 7) is 5.84. The van der Waals surface area contributed by atoms with Crippen LogP contribution >= 0.6 is 0 Å². The molecular formula is C10H25Sn. The van der Waals surface area contributed by atoms with Crippen LogP contribution in [0, 0.1) is 6.92 Å². The Hall–Kier alpha value is 0.539. The Balaban J connectivity index is -0.0000000300. The zero-order valence-corrected chi connectivity index (χ0v) is 8.34. The molecule has 11 heavy (non-hydrogen) atoms. The van der Waals surface area contributed by atoms with Crippen LogP contribution in [0.3, 0.4) is 0 Å². The van der Waals surface area contributed by atoms with E-state index in [0.717, 1.165) is 6.42 Å². The first kappa shape index (κ1) is 30.0. The fourth-order valence-electron chi connectivity index (χ4n) is 0.402. The summed E-state index contributed by atoms with van der Waals surface area (Å²) in [6.07, 6.45) is 7.66. The van der Waals surface area contributed by atoms with Gasteiger partial charge in [0.2, 0.25) is 0 Å². The van der Waals surface area contributed by atoms with Gasteiger partial charge in [-0.2, -0.15) is 0 Å². The Bertz CT molecular complexity index is 48.8. The molecule has 0 aromatic heterocycles. The Morgan fingerprint density at radius 2 is 1.55 bits per heavy atom. The summed E-state index contributed by atoms with van der Waals surface area (Å²) in [5.41, 5.74) is 0. The maximum absolute atomic E-state index is 3.67. The van der Waals surface area contributed by atoms with Crippen LogP contribution in [0.5, 0.6) is 0 Å². The molecule has 69 valence electrons. The molecule has 0 aliphatic rings. The van der Waals surface area contributed by atoms with E-state index in [0.29, 0.717) is 0 Å². The van der Waals surface area contributed by atoms with E-state index in [2.05, 4.69) is 26.0 Å². The van der Waals surface area contributed by atoms with Gasteiger partial charge in [-0.1, -0.05) is 47.8 Å². The second-order valence-corrected chi connectivity index (χ2v) is 1.55. The zero-order valence-electron chi connectivity index (χ0n) is 5.48. The van der Waals surface area contributed by atoms with Crippen molar-refractivity contribution < 1.29 is 0 Å². The molecule has 0 amide bonds. The van der Waals surface area contributed by atoms with Crippen LogP contribution in [-0.2, 0) is 0 Å². The van der Waals surface area contributed by atoms with Gasteiger partial charge in [0.1, 0.15) is 0 Å². The van der Waals surface area contributed by atoms with Crippen LogP contribution in [0.4, 0.5) is 0 Å². The van der Waals surface area contributed by atoms with Crippen molar-refractivity contribution >= 4 is 23.9 Å². The Kier molecular flexibility index (Phi) is 85.2. The molecule has 0 aromatic rings. The van der Waals surface area contributed by atoms with Gasteiger partial charge in [-0.15, -0.1) is 0 Å². The van der Waals surface area contributed by atoms with Crippen molar-refractivity contribution in [3.05, 3.63) is 19.1 Å². The number of unbranched alkanes of at least 4 members (excludes halogenated alkanes) is 1. The van der Waals surface area contributed by atoms with Crippen LogP contribution in [0.15, 0.2) is 12.2 Å². The summed E-state index contributed by atoms with van der Waals surface area (Å²) >= 11 is 0. The summed E-state index contributed by atoms with van der Waals surface area (Å²) in [4.78, 5) is 0. The van der Waals surface area contributed by atoms with E-state index in [1.54, 1.807) is 0 Å². The molecule has 0 fully saturated rings. The first-order valence-corrected chi connectivity index (χ1v) is 2.86. The molecule has 0 rings (SSSR count). The van der Waals surface area contributed by atoms with E-state index in [9.17, 15) is 0 Å². The van der Waals surface area contributed by atoms with E-state index in [1.807, 2.05) is 0 Å². The number of hydrogen-bond acceptors (Lipinski definition) is 0. The molecule has 0 aliphatic carbocycles. The van der Waals surface area contributed by atoms with Crippen LogP contribution in [0.2, 0.25) is 0 Å². The molecular weight excluding hydrogens is 239 g/mol. The van der Waals surface area contributed by atoms with Crippen LogP contribution in [-0.4, -0.2) is 23.9 Å². The smallest absolute Gasteiger partial charge is 0 e. The second kappa shape index (κ2) is 31.3. The van der Waals surface area contributed by atoms with Gasteiger partial charge in [-0.25, -0.2) is 0 Å². The van der Waals surface area contributed by atoms with Gasteiger partial charge in [0.05, 0.1) is 0 Å². The van der Waals surface area contributed by atoms with Gasteiger partial charge in [-0.3, -0.25) is 0 Å². The summed E-state index contributed by atoms with van der Waals surface area (Å²) in [5.74, 6) is 0. The first-order chi connectivity index (χ1) is 3.41. The third kappa shape index (κ3) is 37.3. The Labute approximate surface area is 91.4 Å². The average Bonchev–Trinajstić information content (AvgIpc) is 1.69. The maximum atomic E-state index is 3.67. The topological polar surface area (TPSA) is 0 Å². The molecule has 0 aliphatic heterocycles. The summed E-state index contributed by atoms with van der Waals surface area (Å²) in [7, 11) is 0. The van der Waals surface area contributed by atoms with Crippen LogP contribution < -0.4 is 0 Å². The SMILES string of the molecule is C.C.C.[CH2]C/C=C/CCC.[Sn]. The predicted molar refractivity (Wildman–Crippen MR) is 60.0 cm³/mol. The van der Waals surface area contributed by atoms with Crippen molar-refractivity contribution in [1.82, 2.24) is 0 Å². The number of rotatable bonds is 3. The molecule has 0 saturated heterocycles. The molecule has 0 spiro atoms. The van der Waals surface area contributed by atoms with Crippen molar-refractivity contribution in [1.29, 1.82) is 0 Å². The summed E-state index contributed by atoms with van der Waals surface area (Å²) < 4.78 is 0. The maximum Gasteiger partial charge on any atom is 0 e. The molecule has 0 aromatic carbocycles. The molecule has 0 saturated carbocycles. The average molecular weight is 264 g/mol. The normalized spacial score (nSPS) is 6.73. The monoisotopic (exact) mass is 265 g/mol. The molecule has 0 unspecified atom stereocenters. The molecule has 0 N–H and O–H groups in total. The van der Waals surface area contributed by atoms with Crippen molar-refractivity contribution in [3.8, 4) is 0 Å². The summed E-state index contributed by atoms with van der Waals surface area (Å²) in [5, 5.41) is 0. The zero-order chi connectivity index (χ0) is 5.54. The van der Waals surface area contributed by atoms with Crippen LogP contribution in [0.25, 0.3) is 0 Å². The third-order valence-corrected chi connectivity index (χ3v) is 0.789. The van der Waals surface area contributed by atoms with Crippen molar-refractivity contribution in [2.24, 2.45) is 0 Å². The molecule has 0 atom stereocenters. The second-order valence-electron chi connectivity index (χ2n) is 1.55. The van der Waals surface area contributed by atoms with Crippen LogP contribution in [0.1, 0.15) is 48.5 Å². The predicted octanol–water partition coefficient (Wildman–Crippen LogP) is 4.09.